The van der Waals surface area contributed by atoms with E-state index in [0.29, 0.717) is 10.7 Å². The fourth-order valence-electron chi connectivity index (χ4n) is 3.51. The highest BCUT2D eigenvalue weighted by Gasteiger charge is 2.19. The fraction of sp³-hybridized carbons (Fsp3) is 0.455. The number of rotatable bonds is 9. The van der Waals surface area contributed by atoms with Crippen molar-refractivity contribution < 1.29 is 17.9 Å². The molecule has 0 bridgehead atoms. The quantitative estimate of drug-likeness (QED) is 0.570. The van der Waals surface area contributed by atoms with Crippen molar-refractivity contribution in [2.45, 2.75) is 46.1 Å². The zero-order chi connectivity index (χ0) is 23.2. The maximum atomic E-state index is 12.4. The number of carbonyl (C=O) groups is 1. The second kappa shape index (κ2) is 10.8. The number of hydrogen-bond acceptors (Lipinski definition) is 6. The van der Waals surface area contributed by atoms with Crippen molar-refractivity contribution in [3.05, 3.63) is 46.1 Å². The SMILES string of the molecule is CCc1c(C)c(N(CC)CC)cc(C)c1NC(=O)OCCS(=O)(=O)c1ccc(Cl)cn1. The number of pyridine rings is 1. The lowest BCUT2D eigenvalue weighted by molar-refractivity contribution is 0.168. The number of hydrogen-bond donors (Lipinski definition) is 1. The van der Waals surface area contributed by atoms with Gasteiger partial charge in [0.15, 0.2) is 14.9 Å². The van der Waals surface area contributed by atoms with Crippen molar-refractivity contribution >= 4 is 38.9 Å². The minimum Gasteiger partial charge on any atom is -0.448 e. The van der Waals surface area contributed by atoms with Crippen molar-refractivity contribution in [1.29, 1.82) is 0 Å². The monoisotopic (exact) mass is 467 g/mol. The average Bonchev–Trinajstić information content (AvgIpc) is 2.72. The zero-order valence-electron chi connectivity index (χ0n) is 18.7. The normalized spacial score (nSPS) is 11.3. The molecule has 1 heterocycles. The third-order valence-electron chi connectivity index (χ3n) is 5.18. The standard InChI is InChI=1S/C22H30ClN3O4S/c1-6-18-16(5)19(26(7-2)8-3)13-15(4)21(18)25-22(27)30-11-12-31(28,29)20-10-9-17(23)14-24-20/h9-10,13-14H,6-8,11-12H2,1-5H3,(H,25,27). The molecule has 0 fully saturated rings. The molecule has 0 atom stereocenters. The molecule has 1 amide bonds. The molecule has 2 aromatic rings. The first-order valence-corrected chi connectivity index (χ1v) is 12.3. The molecular weight excluding hydrogens is 438 g/mol. The van der Waals surface area contributed by atoms with Gasteiger partial charge in [0.25, 0.3) is 0 Å². The summed E-state index contributed by atoms with van der Waals surface area (Å²) in [6, 6.07) is 4.84. The molecule has 0 saturated heterocycles. The van der Waals surface area contributed by atoms with Gasteiger partial charge in [0.1, 0.15) is 6.61 Å². The number of aromatic nitrogens is 1. The van der Waals surface area contributed by atoms with Gasteiger partial charge in [-0.2, -0.15) is 0 Å². The highest BCUT2D eigenvalue weighted by Crippen LogP contribution is 2.33. The van der Waals surface area contributed by atoms with Gasteiger partial charge < -0.3 is 9.64 Å². The smallest absolute Gasteiger partial charge is 0.411 e. The number of nitrogens with one attached hydrogen (secondary N) is 1. The first-order valence-electron chi connectivity index (χ1n) is 10.3. The van der Waals surface area contributed by atoms with Crippen LogP contribution in [0, 0.1) is 13.8 Å². The Morgan fingerprint density at radius 3 is 2.42 bits per heavy atom. The van der Waals surface area contributed by atoms with E-state index < -0.39 is 15.9 Å². The van der Waals surface area contributed by atoms with E-state index in [0.717, 1.165) is 41.9 Å². The molecule has 0 unspecified atom stereocenters. The fourth-order valence-corrected chi connectivity index (χ4v) is 4.62. The molecule has 0 aliphatic rings. The Hall–Kier alpha value is -2.32. The van der Waals surface area contributed by atoms with Crippen molar-refractivity contribution in [1.82, 2.24) is 4.98 Å². The molecule has 0 spiro atoms. The van der Waals surface area contributed by atoms with Gasteiger partial charge >= 0.3 is 6.09 Å². The number of benzene rings is 1. The number of ether oxygens (including phenoxy) is 1. The molecule has 2 rings (SSSR count). The lowest BCUT2D eigenvalue weighted by atomic mass is 9.97. The highest BCUT2D eigenvalue weighted by atomic mass is 35.5. The van der Waals surface area contributed by atoms with Gasteiger partial charge in [-0.25, -0.2) is 18.2 Å². The van der Waals surface area contributed by atoms with Gasteiger partial charge in [0.05, 0.1) is 16.5 Å². The van der Waals surface area contributed by atoms with Crippen LogP contribution >= 0.6 is 11.6 Å². The number of aryl methyl sites for hydroxylation is 1. The number of nitrogens with zero attached hydrogens (tertiary/aromatic N) is 2. The largest absolute Gasteiger partial charge is 0.448 e. The van der Waals surface area contributed by atoms with Crippen LogP contribution in [0.15, 0.2) is 29.4 Å². The average molecular weight is 468 g/mol. The minimum atomic E-state index is -3.67. The lowest BCUT2D eigenvalue weighted by Crippen LogP contribution is -2.24. The number of carbonyl (C=O) groups excluding carboxylic acids is 1. The third-order valence-corrected chi connectivity index (χ3v) is 6.98. The molecule has 1 aromatic heterocycles. The molecule has 9 heteroatoms. The van der Waals surface area contributed by atoms with E-state index in [1.165, 1.54) is 18.3 Å². The Morgan fingerprint density at radius 2 is 1.87 bits per heavy atom. The summed E-state index contributed by atoms with van der Waals surface area (Å²) >= 11 is 5.74. The summed E-state index contributed by atoms with van der Waals surface area (Å²) in [6.07, 6.45) is 1.32. The molecule has 7 nitrogen and oxygen atoms in total. The number of amides is 1. The van der Waals surface area contributed by atoms with E-state index in [4.69, 9.17) is 16.3 Å². The summed E-state index contributed by atoms with van der Waals surface area (Å²) in [4.78, 5) is 18.5. The molecule has 0 aliphatic carbocycles. The summed E-state index contributed by atoms with van der Waals surface area (Å²) < 4.78 is 29.8. The Balaban J connectivity index is 2.10. The van der Waals surface area contributed by atoms with E-state index in [9.17, 15) is 13.2 Å². The van der Waals surface area contributed by atoms with Crippen LogP contribution in [-0.2, 0) is 21.0 Å². The third kappa shape index (κ3) is 6.11. The number of halogens is 1. The van der Waals surface area contributed by atoms with Crippen molar-refractivity contribution in [2.75, 3.05) is 35.7 Å². The van der Waals surface area contributed by atoms with Crippen LogP contribution in [0.4, 0.5) is 16.2 Å². The van der Waals surface area contributed by atoms with Gasteiger partial charge in [0, 0.05) is 25.0 Å². The van der Waals surface area contributed by atoms with E-state index in [-0.39, 0.29) is 17.4 Å². The van der Waals surface area contributed by atoms with Crippen LogP contribution in [0.2, 0.25) is 5.02 Å². The van der Waals surface area contributed by atoms with Crippen molar-refractivity contribution in [3.8, 4) is 0 Å². The van der Waals surface area contributed by atoms with Crippen LogP contribution in [0.3, 0.4) is 0 Å². The summed E-state index contributed by atoms with van der Waals surface area (Å²) in [7, 11) is -3.67. The van der Waals surface area contributed by atoms with Gasteiger partial charge in [0.2, 0.25) is 0 Å². The summed E-state index contributed by atoms with van der Waals surface area (Å²) in [6.45, 7) is 11.8. The Kier molecular flexibility index (Phi) is 8.70. The Bertz CT molecular complexity index is 1020. The van der Waals surface area contributed by atoms with Crippen LogP contribution in [0.25, 0.3) is 0 Å². The predicted octanol–water partition coefficient (Wildman–Crippen LogP) is 4.78. The van der Waals surface area contributed by atoms with E-state index in [2.05, 4.69) is 35.1 Å². The van der Waals surface area contributed by atoms with E-state index in [1.54, 1.807) is 0 Å². The zero-order valence-corrected chi connectivity index (χ0v) is 20.2. The van der Waals surface area contributed by atoms with E-state index in [1.807, 2.05) is 20.8 Å². The molecule has 0 saturated carbocycles. The maximum absolute atomic E-state index is 12.4. The van der Waals surface area contributed by atoms with Crippen LogP contribution < -0.4 is 10.2 Å². The van der Waals surface area contributed by atoms with E-state index >= 15 is 0 Å². The summed E-state index contributed by atoms with van der Waals surface area (Å²) in [5.74, 6) is -0.366. The molecular formula is C22H30ClN3O4S. The van der Waals surface area contributed by atoms with Gasteiger partial charge in [-0.05, 0) is 69.0 Å². The first kappa shape index (κ1) is 24.9. The van der Waals surface area contributed by atoms with Crippen LogP contribution in [-0.4, -0.2) is 44.9 Å². The second-order valence-electron chi connectivity index (χ2n) is 7.11. The van der Waals surface area contributed by atoms with Crippen LogP contribution in [0.5, 0.6) is 0 Å². The molecule has 31 heavy (non-hydrogen) atoms. The number of sulfone groups is 1. The van der Waals surface area contributed by atoms with Crippen molar-refractivity contribution in [3.63, 3.8) is 0 Å². The molecule has 170 valence electrons. The summed E-state index contributed by atoms with van der Waals surface area (Å²) in [5.41, 5.74) is 4.95. The van der Waals surface area contributed by atoms with Crippen LogP contribution in [0.1, 0.15) is 37.5 Å². The van der Waals surface area contributed by atoms with Crippen molar-refractivity contribution in [2.24, 2.45) is 0 Å². The minimum absolute atomic E-state index is 0.104. The Morgan fingerprint density at radius 1 is 1.19 bits per heavy atom. The van der Waals surface area contributed by atoms with Gasteiger partial charge in [-0.1, -0.05) is 18.5 Å². The predicted molar refractivity (Wildman–Crippen MR) is 125 cm³/mol. The number of anilines is 2. The Labute approximate surface area is 189 Å². The lowest BCUT2D eigenvalue weighted by Gasteiger charge is -2.27. The molecule has 0 aliphatic heterocycles. The van der Waals surface area contributed by atoms with Gasteiger partial charge in [-0.15, -0.1) is 0 Å². The molecule has 1 N–H and O–H groups in total. The molecule has 0 radical (unpaired) electrons. The maximum Gasteiger partial charge on any atom is 0.411 e. The molecule has 1 aromatic carbocycles. The topological polar surface area (TPSA) is 88.6 Å². The summed E-state index contributed by atoms with van der Waals surface area (Å²) in [5, 5.41) is 3.04. The highest BCUT2D eigenvalue weighted by molar-refractivity contribution is 7.91. The second-order valence-corrected chi connectivity index (χ2v) is 9.60. The van der Waals surface area contributed by atoms with Gasteiger partial charge in [-0.3, -0.25) is 5.32 Å². The first-order chi connectivity index (χ1) is 14.6.